The van der Waals surface area contributed by atoms with Gasteiger partial charge in [0.05, 0.1) is 4.90 Å². The van der Waals surface area contributed by atoms with E-state index >= 15 is 0 Å². The van der Waals surface area contributed by atoms with E-state index in [1.165, 1.54) is 36.4 Å². The molecule has 1 amide bonds. The summed E-state index contributed by atoms with van der Waals surface area (Å²) in [6, 6.07) is 7.67. The summed E-state index contributed by atoms with van der Waals surface area (Å²) in [5.41, 5.74) is 1.48. The van der Waals surface area contributed by atoms with Gasteiger partial charge in [-0.1, -0.05) is 33.1 Å². The highest BCUT2D eigenvalue weighted by atomic mass is 32.2. The molecule has 0 bridgehead atoms. The van der Waals surface area contributed by atoms with Crippen LogP contribution >= 0.6 is 0 Å². The number of carbonyl (C=O) groups excluding carboxylic acids is 1. The number of piperazine rings is 1. The second-order valence-electron chi connectivity index (χ2n) is 9.02. The molecule has 0 atom stereocenters. The van der Waals surface area contributed by atoms with Crippen LogP contribution in [0, 0.1) is 0 Å². The Kier molecular flexibility index (Phi) is 6.93. The van der Waals surface area contributed by atoms with Gasteiger partial charge >= 0.3 is 0 Å². The quantitative estimate of drug-likeness (QED) is 0.664. The van der Waals surface area contributed by atoms with Crippen LogP contribution in [0.1, 0.15) is 56.4 Å². The average molecular weight is 461 g/mol. The van der Waals surface area contributed by atoms with Gasteiger partial charge in [0, 0.05) is 63.3 Å². The number of aryl methyl sites for hydroxylation is 1. The summed E-state index contributed by atoms with van der Waals surface area (Å²) in [6.07, 6.45) is 6.58. The Morgan fingerprint density at radius 1 is 1.00 bits per heavy atom. The second-order valence-corrected chi connectivity index (χ2v) is 11.0. The van der Waals surface area contributed by atoms with Crippen LogP contribution in [0.2, 0.25) is 0 Å². The van der Waals surface area contributed by atoms with Crippen LogP contribution < -0.4 is 0 Å². The molecule has 1 saturated heterocycles. The lowest BCUT2D eigenvalue weighted by molar-refractivity contribution is 0.0516. The Hall–Kier alpha value is -1.90. The van der Waals surface area contributed by atoms with Gasteiger partial charge < -0.3 is 9.47 Å². The van der Waals surface area contributed by atoms with Crippen molar-refractivity contribution in [3.8, 4) is 0 Å². The van der Waals surface area contributed by atoms with E-state index in [1.807, 2.05) is 42.5 Å². The summed E-state index contributed by atoms with van der Waals surface area (Å²) in [5.74, 6) is 0.0279. The van der Waals surface area contributed by atoms with Crippen molar-refractivity contribution in [1.29, 1.82) is 0 Å². The van der Waals surface area contributed by atoms with Crippen LogP contribution in [-0.2, 0) is 17.1 Å². The molecule has 176 valence electrons. The Bertz CT molecular complexity index is 1060. The summed E-state index contributed by atoms with van der Waals surface area (Å²) in [5, 5.41) is 0.782. The molecule has 2 fully saturated rings. The van der Waals surface area contributed by atoms with Gasteiger partial charge in [0.2, 0.25) is 10.0 Å². The SMILES string of the molecule is CCN(CC)S(=O)(=O)c1ccc2c(c1)cc(C(=O)N1CCN(C3CCCCC3)CC1)n2C. The topological polar surface area (TPSA) is 65.9 Å². The normalized spacial score (nSPS) is 19.2. The monoisotopic (exact) mass is 460 g/mol. The minimum atomic E-state index is -3.53. The van der Waals surface area contributed by atoms with E-state index in [-0.39, 0.29) is 10.8 Å². The zero-order chi connectivity index (χ0) is 22.9. The van der Waals surface area contributed by atoms with Gasteiger partial charge in [-0.3, -0.25) is 9.69 Å². The van der Waals surface area contributed by atoms with Gasteiger partial charge in [0.15, 0.2) is 0 Å². The lowest BCUT2D eigenvalue weighted by Crippen LogP contribution is -2.52. The van der Waals surface area contributed by atoms with Crippen LogP contribution in [0.4, 0.5) is 0 Å². The number of nitrogens with zero attached hydrogens (tertiary/aromatic N) is 4. The highest BCUT2D eigenvalue weighted by Crippen LogP contribution is 2.27. The van der Waals surface area contributed by atoms with Gasteiger partial charge in [-0.25, -0.2) is 8.42 Å². The average Bonchev–Trinajstić information content (AvgIpc) is 3.15. The van der Waals surface area contributed by atoms with Crippen molar-refractivity contribution in [3.05, 3.63) is 30.0 Å². The van der Waals surface area contributed by atoms with E-state index in [0.29, 0.717) is 24.8 Å². The minimum Gasteiger partial charge on any atom is -0.340 e. The van der Waals surface area contributed by atoms with Gasteiger partial charge in [0.25, 0.3) is 5.91 Å². The molecule has 0 radical (unpaired) electrons. The Morgan fingerprint density at radius 2 is 1.66 bits per heavy atom. The maximum atomic E-state index is 13.3. The highest BCUT2D eigenvalue weighted by Gasteiger charge is 2.29. The fourth-order valence-electron chi connectivity index (χ4n) is 5.30. The molecule has 2 aliphatic rings. The summed E-state index contributed by atoms with van der Waals surface area (Å²) in [6.45, 7) is 7.92. The van der Waals surface area contributed by atoms with Crippen LogP contribution in [0.15, 0.2) is 29.2 Å². The van der Waals surface area contributed by atoms with Gasteiger partial charge in [-0.2, -0.15) is 4.31 Å². The summed E-state index contributed by atoms with van der Waals surface area (Å²) < 4.78 is 29.2. The third kappa shape index (κ3) is 4.32. The molecule has 1 aliphatic heterocycles. The number of amides is 1. The Balaban J connectivity index is 1.52. The Labute approximate surface area is 192 Å². The number of hydrogen-bond donors (Lipinski definition) is 0. The minimum absolute atomic E-state index is 0.0279. The first-order valence-electron chi connectivity index (χ1n) is 12.0. The lowest BCUT2D eigenvalue weighted by Gasteiger charge is -2.40. The summed E-state index contributed by atoms with van der Waals surface area (Å²) >= 11 is 0. The highest BCUT2D eigenvalue weighted by molar-refractivity contribution is 7.89. The van der Waals surface area contributed by atoms with Crippen molar-refractivity contribution in [2.45, 2.75) is 56.9 Å². The zero-order valence-electron chi connectivity index (χ0n) is 19.6. The number of rotatable bonds is 6. The first kappa shape index (κ1) is 23.3. The fourth-order valence-corrected chi connectivity index (χ4v) is 6.80. The number of carbonyl (C=O) groups is 1. The molecule has 1 aliphatic carbocycles. The maximum Gasteiger partial charge on any atom is 0.270 e. The molecule has 32 heavy (non-hydrogen) atoms. The van der Waals surface area contributed by atoms with E-state index in [9.17, 15) is 13.2 Å². The first-order valence-corrected chi connectivity index (χ1v) is 13.4. The lowest BCUT2D eigenvalue weighted by atomic mass is 9.94. The van der Waals surface area contributed by atoms with Crippen molar-refractivity contribution < 1.29 is 13.2 Å². The number of benzene rings is 1. The fraction of sp³-hybridized carbons (Fsp3) is 0.625. The maximum absolute atomic E-state index is 13.3. The van der Waals surface area contributed by atoms with Gasteiger partial charge in [-0.15, -0.1) is 0 Å². The molecular formula is C24H36N4O3S. The third-order valence-electron chi connectivity index (χ3n) is 7.27. The van der Waals surface area contributed by atoms with E-state index in [1.54, 1.807) is 12.1 Å². The van der Waals surface area contributed by atoms with Crippen LogP contribution in [0.25, 0.3) is 10.9 Å². The third-order valence-corrected chi connectivity index (χ3v) is 9.31. The number of hydrogen-bond acceptors (Lipinski definition) is 4. The van der Waals surface area contributed by atoms with Crippen molar-refractivity contribution in [2.75, 3.05) is 39.3 Å². The smallest absolute Gasteiger partial charge is 0.270 e. The van der Waals surface area contributed by atoms with Crippen molar-refractivity contribution >= 4 is 26.8 Å². The van der Waals surface area contributed by atoms with Gasteiger partial charge in [-0.05, 0) is 37.1 Å². The molecule has 2 heterocycles. The Morgan fingerprint density at radius 3 is 2.28 bits per heavy atom. The molecule has 2 aromatic rings. The van der Waals surface area contributed by atoms with Crippen molar-refractivity contribution in [1.82, 2.24) is 18.7 Å². The van der Waals surface area contributed by atoms with Gasteiger partial charge in [0.1, 0.15) is 5.69 Å². The standard InChI is InChI=1S/C24H36N4O3S/c1-4-28(5-2)32(30,31)21-11-12-22-19(17-21)18-23(25(22)3)24(29)27-15-13-26(14-16-27)20-9-7-6-8-10-20/h11-12,17-18,20H,4-10,13-16H2,1-3H3. The molecule has 1 aromatic carbocycles. The van der Waals surface area contributed by atoms with Crippen LogP contribution in [0.5, 0.6) is 0 Å². The zero-order valence-corrected chi connectivity index (χ0v) is 20.4. The van der Waals surface area contributed by atoms with Crippen molar-refractivity contribution in [2.24, 2.45) is 7.05 Å². The second kappa shape index (κ2) is 9.53. The number of sulfonamides is 1. The van der Waals surface area contributed by atoms with E-state index in [2.05, 4.69) is 4.90 Å². The van der Waals surface area contributed by atoms with E-state index < -0.39 is 10.0 Å². The molecule has 4 rings (SSSR count). The molecular weight excluding hydrogens is 424 g/mol. The van der Waals surface area contributed by atoms with Crippen LogP contribution in [-0.4, -0.2) is 78.3 Å². The van der Waals surface area contributed by atoms with E-state index in [0.717, 1.165) is 37.1 Å². The summed E-state index contributed by atoms with van der Waals surface area (Å²) in [4.78, 5) is 18.1. The van der Waals surface area contributed by atoms with Crippen molar-refractivity contribution in [3.63, 3.8) is 0 Å². The van der Waals surface area contributed by atoms with E-state index in [4.69, 9.17) is 0 Å². The number of fused-ring (bicyclic) bond motifs is 1. The molecule has 7 nitrogen and oxygen atoms in total. The molecule has 0 spiro atoms. The predicted octanol–water partition coefficient (Wildman–Crippen LogP) is 3.30. The predicted molar refractivity (Wildman–Crippen MR) is 127 cm³/mol. The summed E-state index contributed by atoms with van der Waals surface area (Å²) in [7, 11) is -1.65. The molecule has 0 N–H and O–H groups in total. The molecule has 1 aromatic heterocycles. The molecule has 1 saturated carbocycles. The first-order chi connectivity index (χ1) is 15.4. The van der Waals surface area contributed by atoms with Crippen LogP contribution in [0.3, 0.4) is 0 Å². The number of aromatic nitrogens is 1. The largest absolute Gasteiger partial charge is 0.340 e. The molecule has 8 heteroatoms. The molecule has 0 unspecified atom stereocenters.